The molecule has 1 heterocycles. The second-order valence-corrected chi connectivity index (χ2v) is 3.09. The van der Waals surface area contributed by atoms with E-state index in [1.165, 1.54) is 6.20 Å². The number of aromatic nitrogens is 1. The number of imide groups is 1. The van der Waals surface area contributed by atoms with Crippen molar-refractivity contribution in [3.8, 4) is 0 Å². The lowest BCUT2D eigenvalue weighted by atomic mass is 10.2. The van der Waals surface area contributed by atoms with E-state index in [2.05, 4.69) is 15.6 Å². The van der Waals surface area contributed by atoms with Crippen molar-refractivity contribution in [2.24, 2.45) is 0 Å². The fraction of sp³-hybridized carbons (Fsp3) is 0.222. The molecule has 0 unspecified atom stereocenters. The molecule has 0 aliphatic rings. The standard InChI is InChI=1S/C9H10ClN3O2/c1-6-2-3-11-5-7(6)12-9(15)13-8(14)4-10/h2-3,5H,4H2,1H3,(H2,12,13,14,15). The Morgan fingerprint density at radius 3 is 2.87 bits per heavy atom. The van der Waals surface area contributed by atoms with Crippen LogP contribution in [0.5, 0.6) is 0 Å². The van der Waals surface area contributed by atoms with Gasteiger partial charge in [-0.25, -0.2) is 4.79 Å². The molecular formula is C9H10ClN3O2. The second kappa shape index (κ2) is 5.31. The largest absolute Gasteiger partial charge is 0.325 e. The fourth-order valence-corrected chi connectivity index (χ4v) is 0.975. The van der Waals surface area contributed by atoms with E-state index in [0.29, 0.717) is 5.69 Å². The van der Waals surface area contributed by atoms with E-state index in [9.17, 15) is 9.59 Å². The van der Waals surface area contributed by atoms with Gasteiger partial charge in [-0.1, -0.05) is 0 Å². The summed E-state index contributed by atoms with van der Waals surface area (Å²) in [6, 6.07) is 1.13. The van der Waals surface area contributed by atoms with Crippen LogP contribution >= 0.6 is 11.6 Å². The topological polar surface area (TPSA) is 71.1 Å². The van der Waals surface area contributed by atoms with Crippen LogP contribution in [0.3, 0.4) is 0 Å². The van der Waals surface area contributed by atoms with Crippen LogP contribution in [-0.2, 0) is 4.79 Å². The highest BCUT2D eigenvalue weighted by Crippen LogP contribution is 2.10. The first-order valence-electron chi connectivity index (χ1n) is 4.21. The van der Waals surface area contributed by atoms with Crippen LogP contribution in [-0.4, -0.2) is 22.8 Å². The van der Waals surface area contributed by atoms with E-state index in [1.807, 2.05) is 6.92 Å². The van der Waals surface area contributed by atoms with Crippen molar-refractivity contribution >= 4 is 29.2 Å². The van der Waals surface area contributed by atoms with Crippen molar-refractivity contribution in [3.05, 3.63) is 24.0 Å². The summed E-state index contributed by atoms with van der Waals surface area (Å²) in [6.07, 6.45) is 3.11. The van der Waals surface area contributed by atoms with Crippen molar-refractivity contribution in [1.29, 1.82) is 0 Å². The number of hydrogen-bond donors (Lipinski definition) is 2. The number of alkyl halides is 1. The number of urea groups is 1. The van der Waals surface area contributed by atoms with Crippen LogP contribution in [0.2, 0.25) is 0 Å². The van der Waals surface area contributed by atoms with Gasteiger partial charge in [0.1, 0.15) is 5.88 Å². The molecule has 0 aliphatic heterocycles. The van der Waals surface area contributed by atoms with Gasteiger partial charge in [-0.15, -0.1) is 11.6 Å². The number of carbonyl (C=O) groups is 2. The smallest absolute Gasteiger partial charge is 0.306 e. The minimum absolute atomic E-state index is 0.251. The SMILES string of the molecule is Cc1ccncc1NC(=O)NC(=O)CCl. The highest BCUT2D eigenvalue weighted by Gasteiger charge is 2.07. The number of pyridine rings is 1. The van der Waals surface area contributed by atoms with Crippen molar-refractivity contribution < 1.29 is 9.59 Å². The molecule has 3 amide bonds. The summed E-state index contributed by atoms with van der Waals surface area (Å²) in [5.74, 6) is -0.796. The predicted octanol–water partition coefficient (Wildman–Crippen LogP) is 1.28. The maximum Gasteiger partial charge on any atom is 0.325 e. The van der Waals surface area contributed by atoms with Crippen molar-refractivity contribution in [2.75, 3.05) is 11.2 Å². The Labute approximate surface area is 91.8 Å². The van der Waals surface area contributed by atoms with Crippen LogP contribution < -0.4 is 10.6 Å². The van der Waals surface area contributed by atoms with Crippen molar-refractivity contribution in [1.82, 2.24) is 10.3 Å². The molecule has 0 atom stereocenters. The summed E-state index contributed by atoms with van der Waals surface area (Å²) >= 11 is 5.23. The molecule has 0 saturated heterocycles. The van der Waals surface area contributed by atoms with Crippen molar-refractivity contribution in [2.45, 2.75) is 6.92 Å². The summed E-state index contributed by atoms with van der Waals surface area (Å²) in [7, 11) is 0. The van der Waals surface area contributed by atoms with Crippen LogP contribution in [0.4, 0.5) is 10.5 Å². The van der Waals surface area contributed by atoms with E-state index in [4.69, 9.17) is 11.6 Å². The normalized spacial score (nSPS) is 9.47. The number of hydrogen-bond acceptors (Lipinski definition) is 3. The van der Waals surface area contributed by atoms with Gasteiger partial charge in [0, 0.05) is 6.20 Å². The maximum absolute atomic E-state index is 11.2. The van der Waals surface area contributed by atoms with E-state index < -0.39 is 11.9 Å². The van der Waals surface area contributed by atoms with Crippen LogP contribution in [0.15, 0.2) is 18.5 Å². The maximum atomic E-state index is 11.2. The molecule has 1 rings (SSSR count). The monoisotopic (exact) mass is 227 g/mol. The summed E-state index contributed by atoms with van der Waals surface area (Å²) in [4.78, 5) is 25.8. The third kappa shape index (κ3) is 3.55. The Kier molecular flexibility index (Phi) is 4.05. The zero-order valence-electron chi connectivity index (χ0n) is 8.08. The summed E-state index contributed by atoms with van der Waals surface area (Å²) < 4.78 is 0. The third-order valence-corrected chi connectivity index (χ3v) is 1.90. The van der Waals surface area contributed by atoms with Gasteiger partial charge in [0.15, 0.2) is 0 Å². The number of nitrogens with zero attached hydrogens (tertiary/aromatic N) is 1. The predicted molar refractivity (Wildman–Crippen MR) is 56.9 cm³/mol. The van der Waals surface area contributed by atoms with E-state index in [-0.39, 0.29) is 5.88 Å². The van der Waals surface area contributed by atoms with E-state index in [1.54, 1.807) is 12.3 Å². The average Bonchev–Trinajstić information content (AvgIpc) is 2.21. The number of carbonyl (C=O) groups excluding carboxylic acids is 2. The minimum atomic E-state index is -0.614. The Morgan fingerprint density at radius 1 is 1.53 bits per heavy atom. The summed E-state index contributed by atoms with van der Waals surface area (Å²) in [6.45, 7) is 1.82. The molecule has 0 spiro atoms. The molecule has 15 heavy (non-hydrogen) atoms. The van der Waals surface area contributed by atoms with Gasteiger partial charge in [0.2, 0.25) is 5.91 Å². The first-order valence-corrected chi connectivity index (χ1v) is 4.74. The molecule has 0 saturated carbocycles. The van der Waals surface area contributed by atoms with Crippen LogP contribution in [0.25, 0.3) is 0 Å². The molecule has 2 N–H and O–H groups in total. The van der Waals surface area contributed by atoms with Gasteiger partial charge >= 0.3 is 6.03 Å². The van der Waals surface area contributed by atoms with Crippen LogP contribution in [0, 0.1) is 6.92 Å². The minimum Gasteiger partial charge on any atom is -0.306 e. The quantitative estimate of drug-likeness (QED) is 0.748. The molecule has 6 heteroatoms. The Morgan fingerprint density at radius 2 is 2.27 bits per heavy atom. The van der Waals surface area contributed by atoms with E-state index >= 15 is 0 Å². The van der Waals surface area contributed by atoms with Crippen molar-refractivity contribution in [3.63, 3.8) is 0 Å². The molecule has 1 aromatic rings. The zero-order chi connectivity index (χ0) is 11.3. The molecule has 5 nitrogen and oxygen atoms in total. The molecule has 0 aromatic carbocycles. The van der Waals surface area contributed by atoms with Gasteiger partial charge in [-0.3, -0.25) is 15.1 Å². The number of aryl methyl sites for hydroxylation is 1. The number of nitrogens with one attached hydrogen (secondary N) is 2. The molecule has 80 valence electrons. The van der Waals surface area contributed by atoms with Gasteiger partial charge in [-0.2, -0.15) is 0 Å². The molecule has 1 aromatic heterocycles. The molecule has 0 radical (unpaired) electrons. The lowest BCUT2D eigenvalue weighted by Crippen LogP contribution is -2.35. The number of rotatable bonds is 2. The number of anilines is 1. The van der Waals surface area contributed by atoms with Crippen LogP contribution in [0.1, 0.15) is 5.56 Å². The Hall–Kier alpha value is -1.62. The zero-order valence-corrected chi connectivity index (χ0v) is 8.84. The van der Waals surface area contributed by atoms with Gasteiger partial charge in [0.05, 0.1) is 11.9 Å². The first-order chi connectivity index (χ1) is 7.13. The first kappa shape index (κ1) is 11.5. The summed E-state index contributed by atoms with van der Waals surface area (Å²) in [5.41, 5.74) is 1.41. The van der Waals surface area contributed by atoms with Gasteiger partial charge in [0.25, 0.3) is 0 Å². The van der Waals surface area contributed by atoms with E-state index in [0.717, 1.165) is 5.56 Å². The molecular weight excluding hydrogens is 218 g/mol. The lowest BCUT2D eigenvalue weighted by Gasteiger charge is -2.07. The van der Waals surface area contributed by atoms with Gasteiger partial charge < -0.3 is 5.32 Å². The highest BCUT2D eigenvalue weighted by atomic mass is 35.5. The Bertz CT molecular complexity index is 381. The fourth-order valence-electron chi connectivity index (χ4n) is 0.908. The molecule has 0 fully saturated rings. The average molecular weight is 228 g/mol. The second-order valence-electron chi connectivity index (χ2n) is 2.83. The third-order valence-electron chi connectivity index (χ3n) is 1.66. The number of amides is 3. The highest BCUT2D eigenvalue weighted by molar-refractivity contribution is 6.28. The molecule has 0 bridgehead atoms. The Balaban J connectivity index is 2.59. The molecule has 0 aliphatic carbocycles. The number of halogens is 1. The lowest BCUT2D eigenvalue weighted by molar-refractivity contribution is -0.117. The van der Waals surface area contributed by atoms with Gasteiger partial charge in [-0.05, 0) is 18.6 Å². The summed E-state index contributed by atoms with van der Waals surface area (Å²) in [5, 5.41) is 4.54.